The second-order valence-electron chi connectivity index (χ2n) is 8.12. The molecule has 2 aliphatic rings. The summed E-state index contributed by atoms with van der Waals surface area (Å²) in [5, 5.41) is 7.51. The van der Waals surface area contributed by atoms with Crippen LogP contribution >= 0.6 is 0 Å². The van der Waals surface area contributed by atoms with Crippen LogP contribution in [0.4, 0.5) is 10.5 Å². The molecule has 2 heterocycles. The predicted molar refractivity (Wildman–Crippen MR) is 115 cm³/mol. The number of carbonyl (C=O) groups is 3. The lowest BCUT2D eigenvalue weighted by atomic mass is 9.98. The number of rotatable bonds is 5. The van der Waals surface area contributed by atoms with E-state index in [4.69, 9.17) is 9.15 Å². The standard InChI is InChI=1S/C23H23N3O5/c1-30-19-12-15-14-6-2-3-7-17(14)31-18(15)13-16(19)24-20(27)8-11-26-21(28)23(25-22(26)29)9-4-5-10-23/h2-3,6-7,12-13H,4-5,8-11H2,1H3,(H,24,27)(H,25,29). The van der Waals surface area contributed by atoms with Crippen molar-refractivity contribution in [1.82, 2.24) is 10.2 Å². The molecule has 1 spiro atoms. The first kappa shape index (κ1) is 19.4. The number of amides is 4. The zero-order chi connectivity index (χ0) is 21.6. The minimum Gasteiger partial charge on any atom is -0.495 e. The summed E-state index contributed by atoms with van der Waals surface area (Å²) in [6.07, 6.45) is 3.16. The van der Waals surface area contributed by atoms with Gasteiger partial charge >= 0.3 is 6.03 Å². The zero-order valence-electron chi connectivity index (χ0n) is 17.2. The number of urea groups is 1. The highest BCUT2D eigenvalue weighted by molar-refractivity contribution is 6.09. The van der Waals surface area contributed by atoms with Gasteiger partial charge in [0.25, 0.3) is 5.91 Å². The molecule has 1 aliphatic carbocycles. The average molecular weight is 421 g/mol. The van der Waals surface area contributed by atoms with Crippen LogP contribution in [0.1, 0.15) is 32.1 Å². The monoisotopic (exact) mass is 421 g/mol. The number of nitrogens with one attached hydrogen (secondary N) is 2. The fourth-order valence-electron chi connectivity index (χ4n) is 4.64. The number of methoxy groups -OCH3 is 1. The number of carbonyl (C=O) groups excluding carboxylic acids is 3. The summed E-state index contributed by atoms with van der Waals surface area (Å²) in [5.74, 6) is -0.0295. The molecule has 0 radical (unpaired) electrons. The zero-order valence-corrected chi connectivity index (χ0v) is 17.2. The topological polar surface area (TPSA) is 101 Å². The highest BCUT2D eigenvalue weighted by Gasteiger charge is 2.52. The lowest BCUT2D eigenvalue weighted by Crippen LogP contribution is -2.44. The lowest BCUT2D eigenvalue weighted by Gasteiger charge is -2.20. The van der Waals surface area contributed by atoms with Crippen LogP contribution in [0.2, 0.25) is 0 Å². The van der Waals surface area contributed by atoms with E-state index in [2.05, 4.69) is 10.6 Å². The third-order valence-electron chi connectivity index (χ3n) is 6.24. The van der Waals surface area contributed by atoms with Crippen molar-refractivity contribution in [3.8, 4) is 5.75 Å². The maximum atomic E-state index is 12.7. The Labute approximate surface area is 178 Å². The quantitative estimate of drug-likeness (QED) is 0.611. The largest absolute Gasteiger partial charge is 0.495 e. The van der Waals surface area contributed by atoms with Crippen LogP contribution < -0.4 is 15.4 Å². The van der Waals surface area contributed by atoms with Crippen LogP contribution in [0.3, 0.4) is 0 Å². The highest BCUT2D eigenvalue weighted by Crippen LogP contribution is 2.37. The number of para-hydroxylation sites is 1. The average Bonchev–Trinajstić information content (AvgIpc) is 3.43. The summed E-state index contributed by atoms with van der Waals surface area (Å²) in [4.78, 5) is 38.8. The van der Waals surface area contributed by atoms with E-state index < -0.39 is 11.6 Å². The molecule has 160 valence electrons. The molecule has 8 nitrogen and oxygen atoms in total. The molecule has 2 aromatic carbocycles. The van der Waals surface area contributed by atoms with Crippen LogP contribution in [0, 0.1) is 0 Å². The van der Waals surface area contributed by atoms with E-state index in [-0.39, 0.29) is 24.8 Å². The van der Waals surface area contributed by atoms with Gasteiger partial charge in [0, 0.05) is 29.8 Å². The first-order valence-corrected chi connectivity index (χ1v) is 10.4. The number of furan rings is 1. The summed E-state index contributed by atoms with van der Waals surface area (Å²) >= 11 is 0. The van der Waals surface area contributed by atoms with E-state index in [0.29, 0.717) is 29.9 Å². The summed E-state index contributed by atoms with van der Waals surface area (Å²) < 4.78 is 11.3. The third-order valence-corrected chi connectivity index (χ3v) is 6.24. The minimum atomic E-state index is -0.761. The summed E-state index contributed by atoms with van der Waals surface area (Å²) in [6.45, 7) is 0.0352. The molecular weight excluding hydrogens is 398 g/mol. The summed E-state index contributed by atoms with van der Waals surface area (Å²) in [6, 6.07) is 10.8. The molecule has 2 fully saturated rings. The van der Waals surface area contributed by atoms with Crippen molar-refractivity contribution >= 4 is 45.5 Å². The summed E-state index contributed by atoms with van der Waals surface area (Å²) in [7, 11) is 1.54. The van der Waals surface area contributed by atoms with Crippen LogP contribution in [-0.2, 0) is 9.59 Å². The molecule has 0 atom stereocenters. The van der Waals surface area contributed by atoms with Gasteiger partial charge in [-0.2, -0.15) is 0 Å². The smallest absolute Gasteiger partial charge is 0.325 e. The maximum Gasteiger partial charge on any atom is 0.325 e. The number of imide groups is 1. The van der Waals surface area contributed by atoms with Crippen LogP contribution in [0.15, 0.2) is 40.8 Å². The number of fused-ring (bicyclic) bond motifs is 3. The Hall–Kier alpha value is -3.55. The first-order chi connectivity index (χ1) is 15.0. The Bertz CT molecular complexity index is 1210. The van der Waals surface area contributed by atoms with Gasteiger partial charge in [-0.15, -0.1) is 0 Å². The van der Waals surface area contributed by atoms with Crippen molar-refractivity contribution in [2.24, 2.45) is 0 Å². The second-order valence-corrected chi connectivity index (χ2v) is 8.12. The van der Waals surface area contributed by atoms with Gasteiger partial charge in [0.1, 0.15) is 22.5 Å². The van der Waals surface area contributed by atoms with Crippen LogP contribution in [0.5, 0.6) is 5.75 Å². The van der Waals surface area contributed by atoms with Crippen molar-refractivity contribution in [3.63, 3.8) is 0 Å². The fourth-order valence-corrected chi connectivity index (χ4v) is 4.64. The number of nitrogens with zero attached hydrogens (tertiary/aromatic N) is 1. The Morgan fingerprint density at radius 2 is 1.94 bits per heavy atom. The van der Waals surface area contributed by atoms with Gasteiger partial charge in [0.15, 0.2) is 0 Å². The molecule has 0 unspecified atom stereocenters. The number of hydrogen-bond acceptors (Lipinski definition) is 5. The molecular formula is C23H23N3O5. The Kier molecular flexibility index (Phi) is 4.57. The first-order valence-electron chi connectivity index (χ1n) is 10.4. The maximum absolute atomic E-state index is 12.7. The van der Waals surface area contributed by atoms with Crippen molar-refractivity contribution < 1.29 is 23.5 Å². The number of benzene rings is 2. The molecule has 0 bridgehead atoms. The van der Waals surface area contributed by atoms with Crippen molar-refractivity contribution in [2.75, 3.05) is 19.0 Å². The Morgan fingerprint density at radius 1 is 1.16 bits per heavy atom. The van der Waals surface area contributed by atoms with Gasteiger partial charge < -0.3 is 19.8 Å². The van der Waals surface area contributed by atoms with Crippen molar-refractivity contribution in [3.05, 3.63) is 36.4 Å². The lowest BCUT2D eigenvalue weighted by molar-refractivity contribution is -0.131. The van der Waals surface area contributed by atoms with E-state index >= 15 is 0 Å². The highest BCUT2D eigenvalue weighted by atomic mass is 16.5. The van der Waals surface area contributed by atoms with Gasteiger partial charge in [-0.05, 0) is 25.0 Å². The SMILES string of the molecule is COc1cc2c(cc1NC(=O)CCN1C(=O)NC3(CCCC3)C1=O)oc1ccccc12. The van der Waals surface area contributed by atoms with E-state index in [1.807, 2.05) is 30.3 Å². The van der Waals surface area contributed by atoms with E-state index in [1.54, 1.807) is 6.07 Å². The molecule has 31 heavy (non-hydrogen) atoms. The molecule has 3 aromatic rings. The van der Waals surface area contributed by atoms with E-state index in [9.17, 15) is 14.4 Å². The van der Waals surface area contributed by atoms with Gasteiger partial charge in [-0.25, -0.2) is 4.79 Å². The number of hydrogen-bond donors (Lipinski definition) is 2. The van der Waals surface area contributed by atoms with E-state index in [1.165, 1.54) is 7.11 Å². The van der Waals surface area contributed by atoms with E-state index in [0.717, 1.165) is 34.1 Å². The Morgan fingerprint density at radius 3 is 2.71 bits per heavy atom. The molecule has 1 saturated carbocycles. The molecule has 4 amide bonds. The molecule has 8 heteroatoms. The predicted octanol–water partition coefficient (Wildman–Crippen LogP) is 3.79. The second kappa shape index (κ2) is 7.30. The summed E-state index contributed by atoms with van der Waals surface area (Å²) in [5.41, 5.74) is 1.10. The van der Waals surface area contributed by atoms with Gasteiger partial charge in [-0.3, -0.25) is 14.5 Å². The molecule has 5 rings (SSSR count). The van der Waals surface area contributed by atoms with Crippen LogP contribution in [-0.4, -0.2) is 41.9 Å². The van der Waals surface area contributed by atoms with Crippen molar-refractivity contribution in [1.29, 1.82) is 0 Å². The van der Waals surface area contributed by atoms with Gasteiger partial charge in [0.05, 0.1) is 12.8 Å². The fraction of sp³-hybridized carbons (Fsp3) is 0.348. The number of ether oxygens (including phenoxy) is 1. The normalized spacial score (nSPS) is 17.6. The molecule has 1 aromatic heterocycles. The minimum absolute atomic E-state index is 0.00341. The van der Waals surface area contributed by atoms with Crippen molar-refractivity contribution in [2.45, 2.75) is 37.6 Å². The van der Waals surface area contributed by atoms with Crippen LogP contribution in [0.25, 0.3) is 21.9 Å². The Balaban J connectivity index is 1.31. The molecule has 1 aliphatic heterocycles. The number of anilines is 1. The molecule has 1 saturated heterocycles. The van der Waals surface area contributed by atoms with Gasteiger partial charge in [0.2, 0.25) is 5.91 Å². The molecule has 2 N–H and O–H groups in total. The van der Waals surface area contributed by atoms with Gasteiger partial charge in [-0.1, -0.05) is 31.0 Å². The third kappa shape index (κ3) is 3.19.